The summed E-state index contributed by atoms with van der Waals surface area (Å²) >= 11 is 3.39. The molecule has 30 heavy (non-hydrogen) atoms. The fourth-order valence-electron chi connectivity index (χ4n) is 3.01. The lowest BCUT2D eigenvalue weighted by molar-refractivity contribution is -0.128. The Hall–Kier alpha value is -3.12. The van der Waals surface area contributed by atoms with Crippen molar-refractivity contribution in [1.29, 1.82) is 0 Å². The fourth-order valence-corrected chi connectivity index (χ4v) is 3.27. The number of carbonyl (C=O) groups excluding carboxylic acids is 1. The molecule has 0 aliphatic carbocycles. The second-order valence-electron chi connectivity index (χ2n) is 7.59. The molecule has 0 atom stereocenters. The summed E-state index contributed by atoms with van der Waals surface area (Å²) in [6.45, 7) is 5.48. The van der Waals surface area contributed by atoms with Crippen molar-refractivity contribution in [2.45, 2.75) is 26.4 Å². The van der Waals surface area contributed by atoms with E-state index >= 15 is 0 Å². The third-order valence-corrected chi connectivity index (χ3v) is 5.17. The van der Waals surface area contributed by atoms with E-state index in [4.69, 9.17) is 9.15 Å². The van der Waals surface area contributed by atoms with E-state index in [0.717, 1.165) is 26.7 Å². The molecule has 4 rings (SSSR count). The number of hydrogen-bond donors (Lipinski definition) is 1. The molecule has 0 radical (unpaired) electrons. The summed E-state index contributed by atoms with van der Waals surface area (Å²) in [4.78, 5) is 17.4. The Morgan fingerprint density at radius 1 is 1.07 bits per heavy atom. The Bertz CT molecular complexity index is 1210. The van der Waals surface area contributed by atoms with Gasteiger partial charge in [0.05, 0.1) is 0 Å². The van der Waals surface area contributed by atoms with Gasteiger partial charge in [0.2, 0.25) is 5.89 Å². The first-order valence-corrected chi connectivity index (χ1v) is 10.3. The zero-order valence-electron chi connectivity index (χ0n) is 16.9. The number of benzene rings is 3. The van der Waals surface area contributed by atoms with Crippen molar-refractivity contribution in [2.75, 3.05) is 5.32 Å². The fraction of sp³-hybridized carbons (Fsp3) is 0.167. The van der Waals surface area contributed by atoms with Gasteiger partial charge in [-0.1, -0.05) is 28.1 Å². The van der Waals surface area contributed by atoms with E-state index in [1.54, 1.807) is 13.8 Å². The minimum absolute atomic E-state index is 0.254. The third-order valence-electron chi connectivity index (χ3n) is 4.64. The predicted molar refractivity (Wildman–Crippen MR) is 122 cm³/mol. The SMILES string of the molecule is Cc1ccc2nc(-c3cccc(NC(=O)C(C)(C)Oc4ccc(Br)cc4)c3)oc2c1. The van der Waals surface area contributed by atoms with Crippen LogP contribution in [0.5, 0.6) is 5.75 Å². The number of fused-ring (bicyclic) bond motifs is 1. The minimum Gasteiger partial charge on any atom is -0.478 e. The smallest absolute Gasteiger partial charge is 0.267 e. The lowest BCUT2D eigenvalue weighted by Gasteiger charge is -2.25. The summed E-state index contributed by atoms with van der Waals surface area (Å²) in [5.74, 6) is 0.877. The second-order valence-corrected chi connectivity index (χ2v) is 8.51. The van der Waals surface area contributed by atoms with Crippen LogP contribution in [0.15, 0.2) is 75.6 Å². The molecule has 0 unspecified atom stereocenters. The van der Waals surface area contributed by atoms with Crippen LogP contribution in [0.1, 0.15) is 19.4 Å². The minimum atomic E-state index is -1.06. The van der Waals surface area contributed by atoms with Crippen molar-refractivity contribution < 1.29 is 13.9 Å². The molecular weight excluding hydrogens is 444 g/mol. The highest BCUT2D eigenvalue weighted by molar-refractivity contribution is 9.10. The van der Waals surface area contributed by atoms with Crippen LogP contribution in [0.2, 0.25) is 0 Å². The van der Waals surface area contributed by atoms with Gasteiger partial charge >= 0.3 is 0 Å². The molecule has 0 aliphatic heterocycles. The summed E-state index contributed by atoms with van der Waals surface area (Å²) in [5.41, 5.74) is 3.02. The first-order valence-electron chi connectivity index (χ1n) is 9.54. The van der Waals surface area contributed by atoms with E-state index in [-0.39, 0.29) is 5.91 Å². The van der Waals surface area contributed by atoms with Gasteiger partial charge in [-0.3, -0.25) is 4.79 Å². The van der Waals surface area contributed by atoms with Crippen LogP contribution in [-0.4, -0.2) is 16.5 Å². The summed E-state index contributed by atoms with van der Waals surface area (Å²) in [6, 6.07) is 20.7. The van der Waals surface area contributed by atoms with Crippen LogP contribution in [0.4, 0.5) is 5.69 Å². The number of anilines is 1. The van der Waals surface area contributed by atoms with Gasteiger partial charge in [0, 0.05) is 15.7 Å². The molecule has 0 fully saturated rings. The zero-order chi connectivity index (χ0) is 21.3. The number of halogens is 1. The maximum absolute atomic E-state index is 12.8. The van der Waals surface area contributed by atoms with E-state index in [1.165, 1.54) is 0 Å². The van der Waals surface area contributed by atoms with Crippen LogP contribution in [0, 0.1) is 6.92 Å². The second kappa shape index (κ2) is 7.95. The highest BCUT2D eigenvalue weighted by Crippen LogP contribution is 2.28. The van der Waals surface area contributed by atoms with E-state index in [9.17, 15) is 4.79 Å². The standard InChI is InChI=1S/C24H21BrN2O3/c1-15-7-12-20-21(13-15)29-22(27-20)16-5-4-6-18(14-16)26-23(28)24(2,3)30-19-10-8-17(25)9-11-19/h4-14H,1-3H3,(H,26,28). The highest BCUT2D eigenvalue weighted by atomic mass is 79.9. The normalized spacial score (nSPS) is 11.5. The summed E-state index contributed by atoms with van der Waals surface area (Å²) in [6.07, 6.45) is 0. The van der Waals surface area contributed by atoms with Gasteiger partial charge in [0.15, 0.2) is 11.2 Å². The number of ether oxygens (including phenoxy) is 1. The Kier molecular flexibility index (Phi) is 5.35. The monoisotopic (exact) mass is 464 g/mol. The first kappa shape index (κ1) is 20.2. The Morgan fingerprint density at radius 2 is 1.83 bits per heavy atom. The Balaban J connectivity index is 1.53. The van der Waals surface area contributed by atoms with Crippen molar-refractivity contribution >= 4 is 38.6 Å². The van der Waals surface area contributed by atoms with Gasteiger partial charge in [-0.25, -0.2) is 4.98 Å². The molecule has 0 aliphatic rings. The molecule has 1 amide bonds. The lowest BCUT2D eigenvalue weighted by atomic mass is 10.1. The van der Waals surface area contributed by atoms with Crippen LogP contribution in [0.3, 0.4) is 0 Å². The predicted octanol–water partition coefficient (Wildman–Crippen LogP) is 6.36. The lowest BCUT2D eigenvalue weighted by Crippen LogP contribution is -2.42. The number of aromatic nitrogens is 1. The van der Waals surface area contributed by atoms with Gasteiger partial charge in [0.1, 0.15) is 11.3 Å². The highest BCUT2D eigenvalue weighted by Gasteiger charge is 2.30. The molecule has 6 heteroatoms. The van der Waals surface area contributed by atoms with Gasteiger partial charge in [-0.15, -0.1) is 0 Å². The number of aryl methyl sites for hydroxylation is 1. The zero-order valence-corrected chi connectivity index (χ0v) is 18.5. The summed E-state index contributed by atoms with van der Waals surface area (Å²) < 4.78 is 12.7. The summed E-state index contributed by atoms with van der Waals surface area (Å²) in [5, 5.41) is 2.92. The number of nitrogens with zero attached hydrogens (tertiary/aromatic N) is 1. The van der Waals surface area contributed by atoms with Crippen molar-refractivity contribution in [3.05, 3.63) is 76.8 Å². The number of nitrogens with one attached hydrogen (secondary N) is 1. The number of amides is 1. The molecule has 3 aromatic carbocycles. The quantitative estimate of drug-likeness (QED) is 0.373. The first-order chi connectivity index (χ1) is 14.3. The van der Waals surface area contributed by atoms with Gasteiger partial charge in [-0.2, -0.15) is 0 Å². The average Bonchev–Trinajstić information content (AvgIpc) is 3.13. The van der Waals surface area contributed by atoms with E-state index in [1.807, 2.05) is 73.7 Å². The molecule has 152 valence electrons. The molecule has 4 aromatic rings. The van der Waals surface area contributed by atoms with E-state index in [2.05, 4.69) is 26.2 Å². The largest absolute Gasteiger partial charge is 0.478 e. The molecule has 1 heterocycles. The van der Waals surface area contributed by atoms with E-state index < -0.39 is 5.60 Å². The number of carbonyl (C=O) groups is 1. The van der Waals surface area contributed by atoms with Crippen LogP contribution in [-0.2, 0) is 4.79 Å². The molecular formula is C24H21BrN2O3. The van der Waals surface area contributed by atoms with Crippen LogP contribution in [0.25, 0.3) is 22.6 Å². The molecule has 0 saturated heterocycles. The molecule has 1 N–H and O–H groups in total. The molecule has 0 bridgehead atoms. The van der Waals surface area contributed by atoms with Gasteiger partial charge in [-0.05, 0) is 80.9 Å². The maximum atomic E-state index is 12.8. The maximum Gasteiger partial charge on any atom is 0.267 e. The number of oxazole rings is 1. The van der Waals surface area contributed by atoms with Crippen molar-refractivity contribution in [3.63, 3.8) is 0 Å². The number of hydrogen-bond acceptors (Lipinski definition) is 4. The van der Waals surface area contributed by atoms with Crippen molar-refractivity contribution in [2.24, 2.45) is 0 Å². The van der Waals surface area contributed by atoms with Crippen LogP contribution >= 0.6 is 15.9 Å². The summed E-state index contributed by atoms with van der Waals surface area (Å²) in [7, 11) is 0. The van der Waals surface area contributed by atoms with Gasteiger partial charge < -0.3 is 14.5 Å². The average molecular weight is 465 g/mol. The van der Waals surface area contributed by atoms with E-state index in [0.29, 0.717) is 17.3 Å². The molecule has 1 aromatic heterocycles. The van der Waals surface area contributed by atoms with Gasteiger partial charge in [0.25, 0.3) is 5.91 Å². The van der Waals surface area contributed by atoms with Crippen molar-refractivity contribution in [1.82, 2.24) is 4.98 Å². The molecule has 0 saturated carbocycles. The third kappa shape index (κ3) is 4.39. The van der Waals surface area contributed by atoms with Crippen LogP contribution < -0.4 is 10.1 Å². The molecule has 5 nitrogen and oxygen atoms in total. The van der Waals surface area contributed by atoms with Crippen molar-refractivity contribution in [3.8, 4) is 17.2 Å². The number of rotatable bonds is 5. The molecule has 0 spiro atoms. The Morgan fingerprint density at radius 3 is 2.60 bits per heavy atom. The topological polar surface area (TPSA) is 64.4 Å². The Labute approximate surface area is 183 Å².